The second kappa shape index (κ2) is 9.44. The van der Waals surface area contributed by atoms with Crippen molar-refractivity contribution in [2.75, 3.05) is 20.8 Å². The number of hydrogen-bond acceptors (Lipinski definition) is 5. The largest absolute Gasteiger partial charge is 0.497 e. The van der Waals surface area contributed by atoms with Crippen molar-refractivity contribution in [1.82, 2.24) is 14.7 Å². The number of ether oxygens (including phenoxy) is 3. The van der Waals surface area contributed by atoms with Gasteiger partial charge in [-0.05, 0) is 24.6 Å². The molecule has 0 N–H and O–H groups in total. The number of aromatic nitrogens is 2. The van der Waals surface area contributed by atoms with Crippen LogP contribution in [-0.2, 0) is 38.0 Å². The molecule has 7 heteroatoms. The molecule has 0 bridgehead atoms. The summed E-state index contributed by atoms with van der Waals surface area (Å²) in [5.41, 5.74) is 6.02. The van der Waals surface area contributed by atoms with Crippen molar-refractivity contribution in [2.24, 2.45) is 7.05 Å². The highest BCUT2D eigenvalue weighted by molar-refractivity contribution is 5.95. The van der Waals surface area contributed by atoms with E-state index < -0.39 is 0 Å². The van der Waals surface area contributed by atoms with Crippen LogP contribution in [0.4, 0.5) is 0 Å². The minimum absolute atomic E-state index is 0.0526. The summed E-state index contributed by atoms with van der Waals surface area (Å²) in [6.07, 6.45) is 0.754. The molecule has 0 saturated heterocycles. The number of fused-ring (bicyclic) bond motifs is 1. The lowest BCUT2D eigenvalue weighted by Gasteiger charge is -2.28. The van der Waals surface area contributed by atoms with Crippen LogP contribution in [0.5, 0.6) is 11.5 Å². The zero-order valence-corrected chi connectivity index (χ0v) is 19.1. The number of carbonyl (C=O) groups excluding carboxylic acids is 1. The van der Waals surface area contributed by atoms with Crippen LogP contribution >= 0.6 is 0 Å². The van der Waals surface area contributed by atoms with Gasteiger partial charge in [0.2, 0.25) is 0 Å². The van der Waals surface area contributed by atoms with E-state index >= 15 is 0 Å². The number of benzene rings is 2. The van der Waals surface area contributed by atoms with Gasteiger partial charge >= 0.3 is 0 Å². The molecular weight excluding hydrogens is 406 g/mol. The highest BCUT2D eigenvalue weighted by Crippen LogP contribution is 2.27. The smallest absolute Gasteiger partial charge is 0.254 e. The second-order valence-electron chi connectivity index (χ2n) is 8.05. The van der Waals surface area contributed by atoms with E-state index in [9.17, 15) is 4.79 Å². The Balaban J connectivity index is 1.48. The number of methoxy groups -OCH3 is 2. The Morgan fingerprint density at radius 3 is 2.38 bits per heavy atom. The molecule has 0 fully saturated rings. The zero-order chi connectivity index (χ0) is 22.7. The molecular formula is C25H29N3O4. The van der Waals surface area contributed by atoms with Crippen molar-refractivity contribution in [3.8, 4) is 11.5 Å². The third-order valence-corrected chi connectivity index (χ3v) is 5.84. The maximum atomic E-state index is 13.2. The Morgan fingerprint density at radius 1 is 1.03 bits per heavy atom. The van der Waals surface area contributed by atoms with Crippen LogP contribution in [0.2, 0.25) is 0 Å². The van der Waals surface area contributed by atoms with Gasteiger partial charge in [-0.15, -0.1) is 0 Å². The topological polar surface area (TPSA) is 65.8 Å². The number of aryl methyl sites for hydroxylation is 2. The van der Waals surface area contributed by atoms with Crippen LogP contribution in [0.3, 0.4) is 0 Å². The second-order valence-corrected chi connectivity index (χ2v) is 8.05. The minimum Gasteiger partial charge on any atom is -0.497 e. The van der Waals surface area contributed by atoms with E-state index in [1.807, 2.05) is 16.6 Å². The molecule has 4 rings (SSSR count). The molecule has 2 aromatic carbocycles. The Morgan fingerprint density at radius 2 is 1.72 bits per heavy atom. The van der Waals surface area contributed by atoms with Crippen LogP contribution in [0.1, 0.15) is 38.4 Å². The molecule has 168 valence electrons. The van der Waals surface area contributed by atoms with Crippen LogP contribution in [0.15, 0.2) is 42.5 Å². The van der Waals surface area contributed by atoms with Crippen molar-refractivity contribution in [3.63, 3.8) is 0 Å². The number of nitrogens with zero attached hydrogens (tertiary/aromatic N) is 3. The third kappa shape index (κ3) is 4.62. The van der Waals surface area contributed by atoms with Gasteiger partial charge in [0.25, 0.3) is 5.91 Å². The van der Waals surface area contributed by atoms with Crippen LogP contribution in [0, 0.1) is 6.92 Å². The first-order valence-corrected chi connectivity index (χ1v) is 10.7. The standard InChI is InChI=1S/C25H29N3O4/c1-17-5-7-18(8-6-17)15-32-16-23-22-14-28(10-9-24(22)27(2)26-23)25(29)19-11-20(30-3)13-21(12-19)31-4/h5-8,11-13H,9-10,14-16H2,1-4H3. The molecule has 1 aromatic heterocycles. The van der Waals surface area contributed by atoms with Crippen LogP contribution in [0.25, 0.3) is 0 Å². The van der Waals surface area contributed by atoms with E-state index in [1.54, 1.807) is 32.4 Å². The van der Waals surface area contributed by atoms with Gasteiger partial charge in [-0.25, -0.2) is 0 Å². The summed E-state index contributed by atoms with van der Waals surface area (Å²) >= 11 is 0. The van der Waals surface area contributed by atoms with Crippen LogP contribution in [-0.4, -0.2) is 41.4 Å². The first-order valence-electron chi connectivity index (χ1n) is 10.7. The van der Waals surface area contributed by atoms with Crippen molar-refractivity contribution >= 4 is 5.91 Å². The average molecular weight is 436 g/mol. The molecule has 0 saturated carbocycles. The van der Waals surface area contributed by atoms with Gasteiger partial charge in [0, 0.05) is 49.4 Å². The fraction of sp³-hybridized carbons (Fsp3) is 0.360. The molecule has 1 amide bonds. The van der Waals surface area contributed by atoms with Crippen molar-refractivity contribution in [3.05, 3.63) is 76.1 Å². The lowest BCUT2D eigenvalue weighted by molar-refractivity contribution is 0.0727. The highest BCUT2D eigenvalue weighted by Gasteiger charge is 2.27. The van der Waals surface area contributed by atoms with Crippen molar-refractivity contribution in [2.45, 2.75) is 33.1 Å². The summed E-state index contributed by atoms with van der Waals surface area (Å²) in [6, 6.07) is 13.6. The summed E-state index contributed by atoms with van der Waals surface area (Å²) in [5, 5.41) is 4.67. The highest BCUT2D eigenvalue weighted by atomic mass is 16.5. The predicted octanol–water partition coefficient (Wildman–Crippen LogP) is 3.66. The molecule has 3 aromatic rings. The maximum absolute atomic E-state index is 13.2. The van der Waals surface area contributed by atoms with Gasteiger partial charge in [-0.2, -0.15) is 5.10 Å². The molecule has 7 nitrogen and oxygen atoms in total. The van der Waals surface area contributed by atoms with Gasteiger partial charge in [0.15, 0.2) is 0 Å². The van der Waals surface area contributed by atoms with E-state index in [0.29, 0.717) is 43.4 Å². The number of carbonyl (C=O) groups is 1. The van der Waals surface area contributed by atoms with Crippen molar-refractivity contribution in [1.29, 1.82) is 0 Å². The molecule has 1 aliphatic rings. The van der Waals surface area contributed by atoms with Gasteiger partial charge in [-0.1, -0.05) is 29.8 Å². The molecule has 32 heavy (non-hydrogen) atoms. The fourth-order valence-corrected chi connectivity index (χ4v) is 4.02. The molecule has 0 aliphatic carbocycles. The number of amides is 1. The van der Waals surface area contributed by atoms with Gasteiger partial charge in [0.1, 0.15) is 11.5 Å². The summed E-state index contributed by atoms with van der Waals surface area (Å²) in [6.45, 7) is 4.14. The lowest BCUT2D eigenvalue weighted by Crippen LogP contribution is -2.36. The van der Waals surface area contributed by atoms with Crippen LogP contribution < -0.4 is 9.47 Å². The first kappa shape index (κ1) is 21.9. The maximum Gasteiger partial charge on any atom is 0.254 e. The minimum atomic E-state index is -0.0526. The normalized spacial score (nSPS) is 13.1. The third-order valence-electron chi connectivity index (χ3n) is 5.84. The van der Waals surface area contributed by atoms with E-state index in [1.165, 1.54) is 5.56 Å². The SMILES string of the molecule is COc1cc(OC)cc(C(=O)N2CCc3c(c(COCc4ccc(C)cc4)nn3C)C2)c1. The Labute approximate surface area is 188 Å². The van der Waals surface area contributed by atoms with E-state index in [2.05, 4.69) is 36.3 Å². The summed E-state index contributed by atoms with van der Waals surface area (Å²) < 4.78 is 18.5. The molecule has 0 atom stereocenters. The fourth-order valence-electron chi connectivity index (χ4n) is 4.02. The molecule has 0 unspecified atom stereocenters. The Hall–Kier alpha value is -3.32. The predicted molar refractivity (Wildman–Crippen MR) is 121 cm³/mol. The zero-order valence-electron chi connectivity index (χ0n) is 19.1. The quantitative estimate of drug-likeness (QED) is 0.567. The summed E-state index contributed by atoms with van der Waals surface area (Å²) in [4.78, 5) is 15.1. The van der Waals surface area contributed by atoms with Gasteiger partial charge < -0.3 is 19.1 Å². The van der Waals surface area contributed by atoms with Crippen molar-refractivity contribution < 1.29 is 19.0 Å². The summed E-state index contributed by atoms with van der Waals surface area (Å²) in [5.74, 6) is 1.14. The van der Waals surface area contributed by atoms with E-state index in [4.69, 9.17) is 14.2 Å². The molecule has 1 aliphatic heterocycles. The molecule has 2 heterocycles. The van der Waals surface area contributed by atoms with E-state index in [-0.39, 0.29) is 5.91 Å². The monoisotopic (exact) mass is 435 g/mol. The molecule has 0 spiro atoms. The van der Waals surface area contributed by atoms with Gasteiger partial charge in [0.05, 0.1) is 33.1 Å². The molecule has 0 radical (unpaired) electrons. The number of hydrogen-bond donors (Lipinski definition) is 0. The lowest BCUT2D eigenvalue weighted by atomic mass is 10.0. The Bertz CT molecular complexity index is 1080. The first-order chi connectivity index (χ1) is 15.5. The van der Waals surface area contributed by atoms with Gasteiger partial charge in [-0.3, -0.25) is 9.48 Å². The summed E-state index contributed by atoms with van der Waals surface area (Å²) in [7, 11) is 5.11. The Kier molecular flexibility index (Phi) is 6.46. The van der Waals surface area contributed by atoms with E-state index in [0.717, 1.165) is 28.9 Å². The average Bonchev–Trinajstić information content (AvgIpc) is 3.14. The number of rotatable bonds is 7.